The Hall–Kier alpha value is -2.81. The van der Waals surface area contributed by atoms with Crippen molar-refractivity contribution in [3.05, 3.63) is 38.4 Å². The lowest BCUT2D eigenvalue weighted by Gasteiger charge is -2.27. The van der Waals surface area contributed by atoms with E-state index in [1.54, 1.807) is 23.7 Å². The number of nitrogens with one attached hydrogen (secondary N) is 2. The number of H-pyrrole nitrogens is 1. The van der Waals surface area contributed by atoms with Crippen LogP contribution in [0.4, 0.5) is 5.82 Å². The van der Waals surface area contributed by atoms with E-state index in [2.05, 4.69) is 10.3 Å². The first-order valence-electron chi connectivity index (χ1n) is 7.45. The molecule has 2 aromatic rings. The van der Waals surface area contributed by atoms with E-state index in [-0.39, 0.29) is 39.9 Å². The van der Waals surface area contributed by atoms with Gasteiger partial charge in [0.2, 0.25) is 11.7 Å². The summed E-state index contributed by atoms with van der Waals surface area (Å²) in [6.45, 7) is 0. The molecule has 3 N–H and O–H groups in total. The summed E-state index contributed by atoms with van der Waals surface area (Å²) >= 11 is 5.10. The normalized spacial score (nSPS) is 16.1. The maximum Gasteiger partial charge on any atom is 0.257 e. The second-order valence-electron chi connectivity index (χ2n) is 5.66. The van der Waals surface area contributed by atoms with Gasteiger partial charge in [0.25, 0.3) is 5.56 Å². The highest BCUT2D eigenvalue weighted by molar-refractivity contribution is 7.71. The quantitative estimate of drug-likeness (QED) is 0.716. The SMILES string of the molecule is COc1cc(C2CC(=O)Nc3c2c(=O)[nH]c(=S)n3C)cc(OC)c1O. The minimum Gasteiger partial charge on any atom is -0.502 e. The molecule has 132 valence electrons. The van der Waals surface area contributed by atoms with Crippen LogP contribution in [0.1, 0.15) is 23.5 Å². The van der Waals surface area contributed by atoms with Crippen molar-refractivity contribution in [1.29, 1.82) is 0 Å². The molecule has 1 atom stereocenters. The summed E-state index contributed by atoms with van der Waals surface area (Å²) in [6, 6.07) is 3.18. The minimum atomic E-state index is -0.530. The number of fused-ring (bicyclic) bond motifs is 1. The molecule has 1 aliphatic heterocycles. The Morgan fingerprint density at radius 2 is 1.84 bits per heavy atom. The van der Waals surface area contributed by atoms with Crippen LogP contribution in [0.5, 0.6) is 17.2 Å². The van der Waals surface area contributed by atoms with Crippen LogP contribution in [-0.2, 0) is 11.8 Å². The number of methoxy groups -OCH3 is 2. The summed E-state index contributed by atoms with van der Waals surface area (Å²) in [6.07, 6.45) is 0.0734. The zero-order chi connectivity index (χ0) is 18.3. The molecule has 0 fully saturated rings. The van der Waals surface area contributed by atoms with Crippen LogP contribution < -0.4 is 20.3 Å². The number of hydrogen-bond acceptors (Lipinski definition) is 6. The van der Waals surface area contributed by atoms with Crippen LogP contribution in [0.15, 0.2) is 16.9 Å². The smallest absolute Gasteiger partial charge is 0.257 e. The molecular weight excluding hydrogens is 346 g/mol. The molecule has 0 saturated heterocycles. The molecule has 2 heterocycles. The van der Waals surface area contributed by atoms with Crippen molar-refractivity contribution in [3.8, 4) is 17.2 Å². The summed E-state index contributed by atoms with van der Waals surface area (Å²) in [7, 11) is 4.49. The maximum atomic E-state index is 12.5. The van der Waals surface area contributed by atoms with Gasteiger partial charge in [-0.2, -0.15) is 0 Å². The van der Waals surface area contributed by atoms with E-state index in [1.807, 2.05) is 0 Å². The van der Waals surface area contributed by atoms with Crippen LogP contribution in [0, 0.1) is 4.77 Å². The second-order valence-corrected chi connectivity index (χ2v) is 6.05. The molecule has 1 unspecified atom stereocenters. The standard InChI is InChI=1S/C16H17N3O5S/c1-19-14-12(15(22)18-16(19)25)8(6-11(20)17-14)7-4-9(23-2)13(21)10(5-7)24-3/h4-5,8,21H,6H2,1-3H3,(H,17,20)(H,18,22,25). The zero-order valence-corrected chi connectivity index (χ0v) is 14.7. The Balaban J connectivity index is 2.27. The van der Waals surface area contributed by atoms with E-state index in [9.17, 15) is 14.7 Å². The van der Waals surface area contributed by atoms with Gasteiger partial charge in [0.15, 0.2) is 16.3 Å². The summed E-state index contributed by atoms with van der Waals surface area (Å²) in [5.41, 5.74) is 0.643. The number of phenolic OH excluding ortho intramolecular Hbond substituents is 1. The van der Waals surface area contributed by atoms with Gasteiger partial charge >= 0.3 is 0 Å². The van der Waals surface area contributed by atoms with Crippen LogP contribution in [-0.4, -0.2) is 34.8 Å². The first-order chi connectivity index (χ1) is 11.9. The molecule has 0 radical (unpaired) electrons. The Kier molecular flexibility index (Phi) is 4.25. The van der Waals surface area contributed by atoms with Crippen LogP contribution in [0.2, 0.25) is 0 Å². The van der Waals surface area contributed by atoms with E-state index in [0.29, 0.717) is 16.9 Å². The largest absolute Gasteiger partial charge is 0.502 e. The average Bonchev–Trinajstić information content (AvgIpc) is 2.59. The molecule has 8 nitrogen and oxygen atoms in total. The first-order valence-corrected chi connectivity index (χ1v) is 7.86. The first kappa shape index (κ1) is 17.0. The molecule has 25 heavy (non-hydrogen) atoms. The Bertz CT molecular complexity index is 954. The molecule has 1 aromatic carbocycles. The van der Waals surface area contributed by atoms with Crippen molar-refractivity contribution in [2.24, 2.45) is 7.05 Å². The second kappa shape index (κ2) is 6.25. The third-order valence-electron chi connectivity index (χ3n) is 4.26. The van der Waals surface area contributed by atoms with Gasteiger partial charge in [-0.15, -0.1) is 0 Å². The molecule has 1 aliphatic rings. The van der Waals surface area contributed by atoms with Gasteiger partial charge in [0, 0.05) is 19.4 Å². The number of aromatic hydroxyl groups is 1. The molecule has 1 amide bonds. The summed E-state index contributed by atoms with van der Waals surface area (Å²) < 4.78 is 12.1. The number of aromatic amines is 1. The van der Waals surface area contributed by atoms with E-state index < -0.39 is 5.92 Å². The van der Waals surface area contributed by atoms with Crippen molar-refractivity contribution >= 4 is 23.9 Å². The molecule has 1 aromatic heterocycles. The zero-order valence-electron chi connectivity index (χ0n) is 13.9. The molecular formula is C16H17N3O5S. The number of aromatic nitrogens is 2. The van der Waals surface area contributed by atoms with Gasteiger partial charge in [-0.05, 0) is 29.9 Å². The predicted molar refractivity (Wildman–Crippen MR) is 93.2 cm³/mol. The number of benzene rings is 1. The summed E-state index contributed by atoms with van der Waals surface area (Å²) in [5, 5.41) is 12.8. The number of rotatable bonds is 3. The summed E-state index contributed by atoms with van der Waals surface area (Å²) in [4.78, 5) is 27.3. The van der Waals surface area contributed by atoms with Crippen molar-refractivity contribution in [1.82, 2.24) is 9.55 Å². The van der Waals surface area contributed by atoms with E-state index >= 15 is 0 Å². The van der Waals surface area contributed by atoms with Gasteiger partial charge in [-0.1, -0.05) is 0 Å². The third-order valence-corrected chi connectivity index (χ3v) is 4.64. The van der Waals surface area contributed by atoms with Gasteiger partial charge < -0.3 is 24.5 Å². The van der Waals surface area contributed by atoms with Crippen LogP contribution in [0.3, 0.4) is 0 Å². The fourth-order valence-corrected chi connectivity index (χ4v) is 3.17. The fourth-order valence-electron chi connectivity index (χ4n) is 2.98. The van der Waals surface area contributed by atoms with Crippen molar-refractivity contribution in [2.75, 3.05) is 19.5 Å². The molecule has 0 spiro atoms. The average molecular weight is 363 g/mol. The molecule has 0 aliphatic carbocycles. The highest BCUT2D eigenvalue weighted by Gasteiger charge is 2.32. The number of amides is 1. The van der Waals surface area contributed by atoms with E-state index in [4.69, 9.17) is 21.7 Å². The van der Waals surface area contributed by atoms with E-state index in [1.165, 1.54) is 14.2 Å². The number of phenols is 1. The van der Waals surface area contributed by atoms with Gasteiger partial charge in [0.05, 0.1) is 19.8 Å². The lowest BCUT2D eigenvalue weighted by molar-refractivity contribution is -0.116. The van der Waals surface area contributed by atoms with Gasteiger partial charge in [-0.25, -0.2) is 0 Å². The Labute approximate surface area is 148 Å². The Morgan fingerprint density at radius 3 is 2.40 bits per heavy atom. The molecule has 0 bridgehead atoms. The number of ether oxygens (including phenoxy) is 2. The van der Waals surface area contributed by atoms with Crippen LogP contribution >= 0.6 is 12.2 Å². The van der Waals surface area contributed by atoms with Gasteiger partial charge in [-0.3, -0.25) is 14.6 Å². The highest BCUT2D eigenvalue weighted by Crippen LogP contribution is 2.42. The summed E-state index contributed by atoms with van der Waals surface area (Å²) in [5.74, 6) is -0.155. The number of anilines is 1. The molecule has 0 saturated carbocycles. The fraction of sp³-hybridized carbons (Fsp3) is 0.312. The van der Waals surface area contributed by atoms with E-state index in [0.717, 1.165) is 0 Å². The number of carbonyl (C=O) groups excluding carboxylic acids is 1. The van der Waals surface area contributed by atoms with Crippen LogP contribution in [0.25, 0.3) is 0 Å². The number of carbonyl (C=O) groups is 1. The lowest BCUT2D eigenvalue weighted by atomic mass is 9.86. The topological polar surface area (TPSA) is 106 Å². The Morgan fingerprint density at radius 1 is 1.24 bits per heavy atom. The number of hydrogen-bond donors (Lipinski definition) is 3. The number of nitrogens with zero attached hydrogens (tertiary/aromatic N) is 1. The molecule has 9 heteroatoms. The third kappa shape index (κ3) is 2.76. The van der Waals surface area contributed by atoms with Gasteiger partial charge in [0.1, 0.15) is 5.82 Å². The predicted octanol–water partition coefficient (Wildman–Crippen LogP) is 1.64. The lowest BCUT2D eigenvalue weighted by Crippen LogP contribution is -2.33. The minimum absolute atomic E-state index is 0.0734. The molecule has 3 rings (SSSR count). The van der Waals surface area contributed by atoms with Crippen molar-refractivity contribution < 1.29 is 19.4 Å². The maximum absolute atomic E-state index is 12.5. The highest BCUT2D eigenvalue weighted by atomic mass is 32.1. The monoisotopic (exact) mass is 363 g/mol. The van der Waals surface area contributed by atoms with Crippen molar-refractivity contribution in [3.63, 3.8) is 0 Å². The van der Waals surface area contributed by atoms with Crippen molar-refractivity contribution in [2.45, 2.75) is 12.3 Å².